The third-order valence-electron chi connectivity index (χ3n) is 3.49. The second kappa shape index (κ2) is 6.14. The summed E-state index contributed by atoms with van der Waals surface area (Å²) < 4.78 is 0. The van der Waals surface area contributed by atoms with Gasteiger partial charge in [-0.25, -0.2) is 4.79 Å². The fraction of sp³-hybridized carbons (Fsp3) is 0.500. The van der Waals surface area contributed by atoms with Gasteiger partial charge in [0.2, 0.25) is 0 Å². The maximum absolute atomic E-state index is 10.9. The first-order chi connectivity index (χ1) is 8.69. The van der Waals surface area contributed by atoms with Crippen LogP contribution in [0.3, 0.4) is 0 Å². The van der Waals surface area contributed by atoms with E-state index < -0.39 is 5.97 Å². The minimum absolute atomic E-state index is 0.345. The van der Waals surface area contributed by atoms with E-state index in [4.69, 9.17) is 5.11 Å². The number of hydrogen-bond acceptors (Lipinski definition) is 3. The van der Waals surface area contributed by atoms with Crippen LogP contribution < -0.4 is 5.32 Å². The van der Waals surface area contributed by atoms with Crippen LogP contribution in [0.1, 0.15) is 36.0 Å². The van der Waals surface area contributed by atoms with Crippen molar-refractivity contribution in [2.24, 2.45) is 0 Å². The average molecular weight is 265 g/mol. The molecular formula is C14H19NO2S. The Hall–Kier alpha value is -1.16. The first-order valence-corrected chi connectivity index (χ1v) is 7.60. The Morgan fingerprint density at radius 1 is 1.33 bits per heavy atom. The quantitative estimate of drug-likeness (QED) is 0.875. The van der Waals surface area contributed by atoms with Gasteiger partial charge in [-0.15, -0.1) is 0 Å². The summed E-state index contributed by atoms with van der Waals surface area (Å²) in [6, 6.07) is 7.55. The number of carbonyl (C=O) groups is 1. The SMILES string of the molecule is CSC1CCC(Nc2cccc(C(=O)O)c2)CC1. The first-order valence-electron chi connectivity index (χ1n) is 6.31. The lowest BCUT2D eigenvalue weighted by molar-refractivity contribution is 0.0697. The number of thioether (sulfide) groups is 1. The molecular weight excluding hydrogens is 246 g/mol. The standard InChI is InChI=1S/C14H19NO2S/c1-18-13-7-5-11(6-8-13)15-12-4-2-3-10(9-12)14(16)17/h2-4,9,11,13,15H,5-8H2,1H3,(H,16,17). The fourth-order valence-corrected chi connectivity index (χ4v) is 3.16. The molecule has 18 heavy (non-hydrogen) atoms. The summed E-state index contributed by atoms with van der Waals surface area (Å²) in [7, 11) is 0. The van der Waals surface area contributed by atoms with Crippen LogP contribution in [0.2, 0.25) is 0 Å². The second-order valence-corrected chi connectivity index (χ2v) is 5.88. The third kappa shape index (κ3) is 3.42. The molecule has 1 aliphatic carbocycles. The van der Waals surface area contributed by atoms with Crippen molar-refractivity contribution in [2.45, 2.75) is 37.0 Å². The molecule has 1 aromatic rings. The lowest BCUT2D eigenvalue weighted by Crippen LogP contribution is -2.27. The Bertz CT molecular complexity index is 414. The molecule has 1 fully saturated rings. The largest absolute Gasteiger partial charge is 0.478 e. The normalized spacial score (nSPS) is 23.6. The number of carboxylic acid groups (broad SMARTS) is 1. The van der Waals surface area contributed by atoms with Crippen molar-refractivity contribution in [3.63, 3.8) is 0 Å². The van der Waals surface area contributed by atoms with Crippen LogP contribution in [0, 0.1) is 0 Å². The summed E-state index contributed by atoms with van der Waals surface area (Å²) in [6.45, 7) is 0. The highest BCUT2D eigenvalue weighted by Crippen LogP contribution is 2.28. The van der Waals surface area contributed by atoms with Crippen molar-refractivity contribution >= 4 is 23.4 Å². The number of nitrogens with one attached hydrogen (secondary N) is 1. The molecule has 0 atom stereocenters. The van der Waals surface area contributed by atoms with Gasteiger partial charge < -0.3 is 10.4 Å². The van der Waals surface area contributed by atoms with Crippen LogP contribution in [0.15, 0.2) is 24.3 Å². The maximum atomic E-state index is 10.9. The Morgan fingerprint density at radius 2 is 2.06 bits per heavy atom. The van der Waals surface area contributed by atoms with Gasteiger partial charge in [-0.3, -0.25) is 0 Å². The van der Waals surface area contributed by atoms with Gasteiger partial charge in [0.15, 0.2) is 0 Å². The van der Waals surface area contributed by atoms with Gasteiger partial charge in [-0.2, -0.15) is 11.8 Å². The lowest BCUT2D eigenvalue weighted by atomic mass is 9.94. The summed E-state index contributed by atoms with van der Waals surface area (Å²) in [5.74, 6) is -0.871. The summed E-state index contributed by atoms with van der Waals surface area (Å²) >= 11 is 1.95. The summed E-state index contributed by atoms with van der Waals surface area (Å²) in [5.41, 5.74) is 1.26. The van der Waals surface area contributed by atoms with E-state index in [9.17, 15) is 4.79 Å². The molecule has 0 aliphatic heterocycles. The van der Waals surface area contributed by atoms with Crippen molar-refractivity contribution in [1.82, 2.24) is 0 Å². The minimum atomic E-state index is -0.871. The van der Waals surface area contributed by atoms with Gasteiger partial charge in [-0.05, 0) is 50.1 Å². The monoisotopic (exact) mass is 265 g/mol. The van der Waals surface area contributed by atoms with Crippen molar-refractivity contribution in [3.8, 4) is 0 Å². The van der Waals surface area contributed by atoms with Gasteiger partial charge >= 0.3 is 5.97 Å². The van der Waals surface area contributed by atoms with E-state index in [1.54, 1.807) is 18.2 Å². The molecule has 0 bridgehead atoms. The van der Waals surface area contributed by atoms with E-state index in [0.717, 1.165) is 10.9 Å². The maximum Gasteiger partial charge on any atom is 0.335 e. The number of anilines is 1. The van der Waals surface area contributed by atoms with E-state index in [0.29, 0.717) is 11.6 Å². The lowest BCUT2D eigenvalue weighted by Gasteiger charge is -2.28. The molecule has 1 saturated carbocycles. The van der Waals surface area contributed by atoms with Crippen molar-refractivity contribution in [1.29, 1.82) is 0 Å². The smallest absolute Gasteiger partial charge is 0.335 e. The average Bonchev–Trinajstić information content (AvgIpc) is 2.40. The van der Waals surface area contributed by atoms with Crippen LogP contribution in [-0.4, -0.2) is 28.6 Å². The molecule has 0 radical (unpaired) electrons. The highest BCUT2D eigenvalue weighted by molar-refractivity contribution is 7.99. The molecule has 2 rings (SSSR count). The van der Waals surface area contributed by atoms with E-state index in [1.165, 1.54) is 25.7 Å². The van der Waals surface area contributed by atoms with Gasteiger partial charge in [0.1, 0.15) is 0 Å². The van der Waals surface area contributed by atoms with Crippen LogP contribution in [0.25, 0.3) is 0 Å². The van der Waals surface area contributed by atoms with E-state index in [2.05, 4.69) is 11.6 Å². The molecule has 0 saturated heterocycles. The zero-order valence-electron chi connectivity index (χ0n) is 10.6. The Labute approximate surface area is 112 Å². The molecule has 4 heteroatoms. The van der Waals surface area contributed by atoms with Crippen molar-refractivity contribution in [2.75, 3.05) is 11.6 Å². The molecule has 1 aromatic carbocycles. The van der Waals surface area contributed by atoms with E-state index in [-0.39, 0.29) is 0 Å². The molecule has 0 heterocycles. The van der Waals surface area contributed by atoms with Crippen molar-refractivity contribution < 1.29 is 9.90 Å². The summed E-state index contributed by atoms with van der Waals surface area (Å²) in [6.07, 6.45) is 7.01. The predicted molar refractivity (Wildman–Crippen MR) is 76.6 cm³/mol. The summed E-state index contributed by atoms with van der Waals surface area (Å²) in [5, 5.41) is 13.2. The zero-order valence-corrected chi connectivity index (χ0v) is 11.4. The number of aromatic carboxylic acids is 1. The van der Waals surface area contributed by atoms with E-state index in [1.807, 2.05) is 17.8 Å². The highest BCUT2D eigenvalue weighted by Gasteiger charge is 2.20. The number of carboxylic acids is 1. The summed E-state index contributed by atoms with van der Waals surface area (Å²) in [4.78, 5) is 10.9. The van der Waals surface area contributed by atoms with Gasteiger partial charge in [0, 0.05) is 17.0 Å². The van der Waals surface area contributed by atoms with Crippen LogP contribution >= 0.6 is 11.8 Å². The Morgan fingerprint density at radius 3 is 2.67 bits per heavy atom. The topological polar surface area (TPSA) is 49.3 Å². The van der Waals surface area contributed by atoms with E-state index >= 15 is 0 Å². The molecule has 0 spiro atoms. The molecule has 2 N–H and O–H groups in total. The van der Waals surface area contributed by atoms with Crippen LogP contribution in [0.4, 0.5) is 5.69 Å². The molecule has 0 unspecified atom stereocenters. The molecule has 3 nitrogen and oxygen atoms in total. The predicted octanol–water partition coefficient (Wildman–Crippen LogP) is 3.47. The number of rotatable bonds is 4. The minimum Gasteiger partial charge on any atom is -0.478 e. The fourth-order valence-electron chi connectivity index (χ4n) is 2.42. The number of benzene rings is 1. The molecule has 98 valence electrons. The van der Waals surface area contributed by atoms with Crippen molar-refractivity contribution in [3.05, 3.63) is 29.8 Å². The highest BCUT2D eigenvalue weighted by atomic mass is 32.2. The van der Waals surface area contributed by atoms with Crippen LogP contribution in [0.5, 0.6) is 0 Å². The second-order valence-electron chi connectivity index (χ2n) is 4.74. The zero-order chi connectivity index (χ0) is 13.0. The first kappa shape index (κ1) is 13.3. The Kier molecular flexibility index (Phi) is 4.53. The number of hydrogen-bond donors (Lipinski definition) is 2. The van der Waals surface area contributed by atoms with Gasteiger partial charge in [-0.1, -0.05) is 6.07 Å². The van der Waals surface area contributed by atoms with Gasteiger partial charge in [0.25, 0.3) is 0 Å². The van der Waals surface area contributed by atoms with Gasteiger partial charge in [0.05, 0.1) is 5.56 Å². The Balaban J connectivity index is 1.94. The molecule has 0 amide bonds. The molecule has 1 aliphatic rings. The third-order valence-corrected chi connectivity index (χ3v) is 4.63. The molecule has 0 aromatic heterocycles. The van der Waals surface area contributed by atoms with Crippen LogP contribution in [-0.2, 0) is 0 Å².